The molecule has 0 aromatic heterocycles. The standard InChI is InChI=1S/C17H24BrN5O5S2/c1-27-17(26)15(22-19)20-5-7-29-30-8-6-21-16(25)13(23-28-2)10-11-3-4-14(24)12(18)9-11/h3-4,9,24H,5-8,10,19H2,1-2H3,(H,20,22)(H,21,25)/b23-13+. The smallest absolute Gasteiger partial charge is 0.374 e. The molecule has 166 valence electrons. The predicted molar refractivity (Wildman–Crippen MR) is 124 cm³/mol. The number of phenolic OH excluding ortho intramolecular Hbond substituents is 1. The third-order valence-corrected chi connectivity index (χ3v) is 6.38. The highest BCUT2D eigenvalue weighted by Gasteiger charge is 2.14. The summed E-state index contributed by atoms with van der Waals surface area (Å²) in [5.74, 6) is 5.68. The van der Waals surface area contributed by atoms with Crippen molar-refractivity contribution in [2.45, 2.75) is 6.42 Å². The highest BCUT2D eigenvalue weighted by atomic mass is 79.9. The molecular formula is C17H24BrN5O5S2. The van der Waals surface area contributed by atoms with E-state index < -0.39 is 5.97 Å². The summed E-state index contributed by atoms with van der Waals surface area (Å²) in [6, 6.07) is 4.96. The SMILES string of the molecule is CO/N=C(\Cc1ccc(O)c(Br)c1)C(=O)NCCSSCCN=C(NN)C(=O)OC. The van der Waals surface area contributed by atoms with E-state index in [4.69, 9.17) is 10.7 Å². The van der Waals surface area contributed by atoms with Gasteiger partial charge in [-0.25, -0.2) is 10.6 Å². The Balaban J connectivity index is 2.34. The van der Waals surface area contributed by atoms with Gasteiger partial charge in [0.2, 0.25) is 5.84 Å². The van der Waals surface area contributed by atoms with Crippen molar-refractivity contribution in [3.63, 3.8) is 0 Å². The fraction of sp³-hybridized carbons (Fsp3) is 0.412. The minimum absolute atomic E-state index is 0.0269. The number of aromatic hydroxyl groups is 1. The van der Waals surface area contributed by atoms with Gasteiger partial charge in [0, 0.05) is 24.5 Å². The number of hydrogen-bond donors (Lipinski definition) is 4. The second kappa shape index (κ2) is 14.9. The van der Waals surface area contributed by atoms with E-state index in [9.17, 15) is 14.7 Å². The molecule has 0 aliphatic rings. The largest absolute Gasteiger partial charge is 0.507 e. The molecule has 10 nitrogen and oxygen atoms in total. The second-order valence-electron chi connectivity index (χ2n) is 5.45. The van der Waals surface area contributed by atoms with Crippen LogP contribution in [-0.4, -0.2) is 67.3 Å². The number of hydrazine groups is 1. The Hall–Kier alpha value is -1.96. The Morgan fingerprint density at radius 2 is 2.00 bits per heavy atom. The van der Waals surface area contributed by atoms with E-state index in [1.54, 1.807) is 33.7 Å². The number of carbonyl (C=O) groups is 2. The van der Waals surface area contributed by atoms with Crippen LogP contribution in [0.2, 0.25) is 0 Å². The van der Waals surface area contributed by atoms with Gasteiger partial charge in [-0.3, -0.25) is 9.79 Å². The molecule has 0 saturated heterocycles. The van der Waals surface area contributed by atoms with E-state index in [1.165, 1.54) is 20.3 Å². The normalized spacial score (nSPS) is 11.7. The minimum atomic E-state index is -0.619. The maximum absolute atomic E-state index is 12.3. The summed E-state index contributed by atoms with van der Waals surface area (Å²) in [6.07, 6.45) is 0.260. The van der Waals surface area contributed by atoms with Crippen LogP contribution in [0.15, 0.2) is 32.8 Å². The van der Waals surface area contributed by atoms with Gasteiger partial charge in [0.15, 0.2) is 0 Å². The number of oxime groups is 1. The molecule has 0 radical (unpaired) electrons. The quantitative estimate of drug-likeness (QED) is 0.0641. The third-order valence-electron chi connectivity index (χ3n) is 3.36. The summed E-state index contributed by atoms with van der Waals surface area (Å²) in [4.78, 5) is 32.4. The van der Waals surface area contributed by atoms with Crippen molar-refractivity contribution in [2.75, 3.05) is 38.8 Å². The lowest BCUT2D eigenvalue weighted by Crippen LogP contribution is -2.37. The van der Waals surface area contributed by atoms with E-state index in [2.05, 4.69) is 41.6 Å². The number of esters is 1. The molecule has 1 amide bonds. The fourth-order valence-electron chi connectivity index (χ4n) is 2.00. The van der Waals surface area contributed by atoms with Crippen LogP contribution < -0.4 is 16.6 Å². The van der Waals surface area contributed by atoms with Gasteiger partial charge in [0.1, 0.15) is 18.6 Å². The number of amidine groups is 1. The van der Waals surface area contributed by atoms with Crippen LogP contribution in [0.1, 0.15) is 5.56 Å². The Morgan fingerprint density at radius 1 is 1.27 bits per heavy atom. The molecule has 1 aromatic rings. The van der Waals surface area contributed by atoms with Gasteiger partial charge in [-0.15, -0.1) is 0 Å². The highest BCUT2D eigenvalue weighted by molar-refractivity contribution is 9.10. The molecule has 0 aliphatic heterocycles. The molecule has 30 heavy (non-hydrogen) atoms. The number of carbonyl (C=O) groups excluding carboxylic acids is 2. The maximum atomic E-state index is 12.3. The van der Waals surface area contributed by atoms with Crippen LogP contribution in [-0.2, 0) is 25.6 Å². The van der Waals surface area contributed by atoms with Crippen LogP contribution in [0, 0.1) is 0 Å². The second-order valence-corrected chi connectivity index (χ2v) is 9.01. The summed E-state index contributed by atoms with van der Waals surface area (Å²) in [5, 5.41) is 16.2. The number of benzene rings is 1. The first-order valence-corrected chi connectivity index (χ1v) is 11.9. The van der Waals surface area contributed by atoms with E-state index in [0.717, 1.165) is 5.56 Å². The Morgan fingerprint density at radius 3 is 2.63 bits per heavy atom. The van der Waals surface area contributed by atoms with E-state index >= 15 is 0 Å². The summed E-state index contributed by atoms with van der Waals surface area (Å²) in [7, 11) is 5.74. The minimum Gasteiger partial charge on any atom is -0.507 e. The number of methoxy groups -OCH3 is 1. The molecule has 0 spiro atoms. The fourth-order valence-corrected chi connectivity index (χ4v) is 4.20. The first kappa shape index (κ1) is 26.1. The van der Waals surface area contributed by atoms with Crippen LogP contribution in [0.25, 0.3) is 0 Å². The molecule has 0 saturated carbocycles. The van der Waals surface area contributed by atoms with Crippen LogP contribution in [0.3, 0.4) is 0 Å². The lowest BCUT2D eigenvalue weighted by atomic mass is 10.1. The van der Waals surface area contributed by atoms with Gasteiger partial charge in [0.05, 0.1) is 18.1 Å². The summed E-state index contributed by atoms with van der Waals surface area (Å²) >= 11 is 3.24. The number of amides is 1. The summed E-state index contributed by atoms with van der Waals surface area (Å²) in [6.45, 7) is 0.838. The van der Waals surface area contributed by atoms with Gasteiger partial charge < -0.3 is 25.4 Å². The number of nitrogens with zero attached hydrogens (tertiary/aromatic N) is 2. The van der Waals surface area contributed by atoms with Crippen molar-refractivity contribution in [1.82, 2.24) is 10.7 Å². The number of halogens is 1. The molecule has 0 fully saturated rings. The van der Waals surface area contributed by atoms with Crippen LogP contribution in [0.4, 0.5) is 0 Å². The number of nitrogens with one attached hydrogen (secondary N) is 2. The van der Waals surface area contributed by atoms with Gasteiger partial charge >= 0.3 is 5.97 Å². The number of phenols is 1. The van der Waals surface area contributed by atoms with Gasteiger partial charge in [0.25, 0.3) is 5.91 Å². The number of ether oxygens (including phenoxy) is 1. The Kier molecular flexibility index (Phi) is 13.0. The molecule has 1 rings (SSSR count). The molecule has 5 N–H and O–H groups in total. The van der Waals surface area contributed by atoms with Crippen molar-refractivity contribution < 1.29 is 24.3 Å². The number of hydrogen-bond acceptors (Lipinski definition) is 10. The average molecular weight is 522 g/mol. The molecule has 0 heterocycles. The maximum Gasteiger partial charge on any atom is 0.374 e. The average Bonchev–Trinajstić information content (AvgIpc) is 2.74. The lowest BCUT2D eigenvalue weighted by Gasteiger charge is -2.08. The van der Waals surface area contributed by atoms with Crippen molar-refractivity contribution in [1.29, 1.82) is 0 Å². The monoisotopic (exact) mass is 521 g/mol. The highest BCUT2D eigenvalue weighted by Crippen LogP contribution is 2.24. The number of aliphatic imine (C=N–C) groups is 1. The zero-order valence-electron chi connectivity index (χ0n) is 16.5. The molecule has 1 aromatic carbocycles. The van der Waals surface area contributed by atoms with E-state index in [1.807, 2.05) is 0 Å². The lowest BCUT2D eigenvalue weighted by molar-refractivity contribution is -0.133. The molecular weight excluding hydrogens is 498 g/mol. The van der Waals surface area contributed by atoms with E-state index in [0.29, 0.717) is 29.1 Å². The van der Waals surface area contributed by atoms with Crippen molar-refractivity contribution in [3.8, 4) is 5.75 Å². The van der Waals surface area contributed by atoms with Gasteiger partial charge in [-0.05, 0) is 33.6 Å². The van der Waals surface area contributed by atoms with Crippen LogP contribution >= 0.6 is 37.5 Å². The topological polar surface area (TPSA) is 148 Å². The number of nitrogens with two attached hydrogens (primary N) is 1. The van der Waals surface area contributed by atoms with Crippen molar-refractivity contribution >= 4 is 60.9 Å². The summed E-state index contributed by atoms with van der Waals surface area (Å²) < 4.78 is 5.06. The molecule has 0 unspecified atom stereocenters. The first-order valence-electron chi connectivity index (χ1n) is 8.62. The third kappa shape index (κ3) is 9.69. The Labute approximate surface area is 190 Å². The predicted octanol–water partition coefficient (Wildman–Crippen LogP) is 1.23. The molecule has 0 bridgehead atoms. The van der Waals surface area contributed by atoms with Crippen LogP contribution in [0.5, 0.6) is 5.75 Å². The number of rotatable bonds is 11. The van der Waals surface area contributed by atoms with E-state index in [-0.39, 0.29) is 29.6 Å². The zero-order valence-corrected chi connectivity index (χ0v) is 19.7. The molecule has 0 atom stereocenters. The molecule has 13 heteroatoms. The van der Waals surface area contributed by atoms with Gasteiger partial charge in [-0.1, -0.05) is 32.8 Å². The summed E-state index contributed by atoms with van der Waals surface area (Å²) in [5.41, 5.74) is 3.22. The van der Waals surface area contributed by atoms with Crippen molar-refractivity contribution in [3.05, 3.63) is 28.2 Å². The first-order chi connectivity index (χ1) is 14.4. The zero-order chi connectivity index (χ0) is 22.4. The van der Waals surface area contributed by atoms with Crippen molar-refractivity contribution in [2.24, 2.45) is 16.0 Å². The Bertz CT molecular complexity index is 779. The molecule has 0 aliphatic carbocycles. The van der Waals surface area contributed by atoms with Gasteiger partial charge in [-0.2, -0.15) is 0 Å².